The Kier molecular flexibility index (Phi) is 5.94. The highest BCUT2D eigenvalue weighted by atomic mass is 35.5. The minimum absolute atomic E-state index is 0.0249. The zero-order chi connectivity index (χ0) is 23.2. The number of alkyl halides is 3. The van der Waals surface area contributed by atoms with E-state index in [-0.39, 0.29) is 23.4 Å². The molecule has 4 rings (SSSR count). The SMILES string of the molecule is C=CC(=O)N1Cc2sc(Cl)cc2C(c2ccccc2-c2cn(C(C)C)nc2C(F)(F)F)C1. The number of carbonyl (C=O) groups excluding carboxylic acids is 1. The van der Waals surface area contributed by atoms with Crippen molar-refractivity contribution >= 4 is 28.8 Å². The number of halogens is 4. The molecule has 3 heterocycles. The summed E-state index contributed by atoms with van der Waals surface area (Å²) in [6, 6.07) is 8.61. The molecule has 2 aromatic heterocycles. The van der Waals surface area contributed by atoms with E-state index >= 15 is 0 Å². The van der Waals surface area contributed by atoms with Crippen LogP contribution >= 0.6 is 22.9 Å². The van der Waals surface area contributed by atoms with Gasteiger partial charge in [0.05, 0.1) is 10.9 Å². The zero-order valence-corrected chi connectivity index (χ0v) is 19.1. The van der Waals surface area contributed by atoms with Crippen molar-refractivity contribution in [3.8, 4) is 11.1 Å². The van der Waals surface area contributed by atoms with E-state index in [1.165, 1.54) is 28.3 Å². The number of hydrogen-bond donors (Lipinski definition) is 0. The number of rotatable bonds is 4. The summed E-state index contributed by atoms with van der Waals surface area (Å²) in [7, 11) is 0. The predicted octanol–water partition coefficient (Wildman–Crippen LogP) is 6.52. The number of hydrogen-bond acceptors (Lipinski definition) is 3. The van der Waals surface area contributed by atoms with Crippen molar-refractivity contribution in [1.82, 2.24) is 14.7 Å². The van der Waals surface area contributed by atoms with E-state index in [1.54, 1.807) is 36.9 Å². The number of carbonyl (C=O) groups is 1. The van der Waals surface area contributed by atoms with Gasteiger partial charge in [0.15, 0.2) is 5.69 Å². The molecule has 0 spiro atoms. The maximum atomic E-state index is 13.9. The van der Waals surface area contributed by atoms with E-state index in [0.717, 1.165) is 10.4 Å². The molecular weight excluding hydrogens is 459 g/mol. The molecular formula is C23H21ClF3N3OS. The van der Waals surface area contributed by atoms with Crippen LogP contribution in [-0.4, -0.2) is 27.1 Å². The average Bonchev–Trinajstić information content (AvgIpc) is 3.35. The summed E-state index contributed by atoms with van der Waals surface area (Å²) < 4.78 is 43.6. The van der Waals surface area contributed by atoms with Gasteiger partial charge in [-0.15, -0.1) is 11.3 Å². The van der Waals surface area contributed by atoms with Crippen LogP contribution in [0.25, 0.3) is 11.1 Å². The van der Waals surface area contributed by atoms with Crippen molar-refractivity contribution in [3.05, 3.63) is 75.2 Å². The number of amides is 1. The fraction of sp³-hybridized carbons (Fsp3) is 0.304. The largest absolute Gasteiger partial charge is 0.435 e. The third-order valence-electron chi connectivity index (χ3n) is 5.57. The first-order valence-electron chi connectivity index (χ1n) is 10.0. The molecule has 3 aromatic rings. The number of benzene rings is 1. The van der Waals surface area contributed by atoms with Gasteiger partial charge in [0, 0.05) is 35.1 Å². The molecule has 0 saturated carbocycles. The summed E-state index contributed by atoms with van der Waals surface area (Å²) in [6.45, 7) is 7.85. The molecule has 0 bridgehead atoms. The first-order valence-corrected chi connectivity index (χ1v) is 11.2. The van der Waals surface area contributed by atoms with Gasteiger partial charge in [-0.1, -0.05) is 42.4 Å². The molecule has 168 valence electrons. The van der Waals surface area contributed by atoms with Crippen molar-refractivity contribution in [2.45, 2.75) is 38.5 Å². The highest BCUT2D eigenvalue weighted by Crippen LogP contribution is 2.45. The molecule has 1 aromatic carbocycles. The van der Waals surface area contributed by atoms with Crippen LogP contribution in [-0.2, 0) is 17.5 Å². The summed E-state index contributed by atoms with van der Waals surface area (Å²) in [5.74, 6) is -0.558. The monoisotopic (exact) mass is 479 g/mol. The average molecular weight is 480 g/mol. The molecule has 0 fully saturated rings. The van der Waals surface area contributed by atoms with E-state index in [4.69, 9.17) is 11.6 Å². The smallest absolute Gasteiger partial charge is 0.333 e. The van der Waals surface area contributed by atoms with Crippen LogP contribution in [0.3, 0.4) is 0 Å². The topological polar surface area (TPSA) is 38.1 Å². The molecule has 1 unspecified atom stereocenters. The van der Waals surface area contributed by atoms with Gasteiger partial charge in [0.2, 0.25) is 5.91 Å². The van der Waals surface area contributed by atoms with E-state index in [1.807, 2.05) is 12.1 Å². The molecule has 1 aliphatic rings. The highest BCUT2D eigenvalue weighted by Gasteiger charge is 2.39. The van der Waals surface area contributed by atoms with Gasteiger partial charge in [-0.05, 0) is 42.7 Å². The molecule has 1 aliphatic heterocycles. The minimum Gasteiger partial charge on any atom is -0.333 e. The summed E-state index contributed by atoms with van der Waals surface area (Å²) in [6.07, 6.45) is -1.91. The fourth-order valence-electron chi connectivity index (χ4n) is 4.06. The van der Waals surface area contributed by atoms with Crippen molar-refractivity contribution < 1.29 is 18.0 Å². The van der Waals surface area contributed by atoms with Crippen LogP contribution in [0.2, 0.25) is 4.34 Å². The van der Waals surface area contributed by atoms with Crippen molar-refractivity contribution in [2.24, 2.45) is 0 Å². The molecule has 1 amide bonds. The van der Waals surface area contributed by atoms with Crippen LogP contribution < -0.4 is 0 Å². The lowest BCUT2D eigenvalue weighted by Crippen LogP contribution is -2.37. The number of fused-ring (bicyclic) bond motifs is 1. The molecule has 4 nitrogen and oxygen atoms in total. The van der Waals surface area contributed by atoms with E-state index in [9.17, 15) is 18.0 Å². The van der Waals surface area contributed by atoms with Crippen LogP contribution in [0.4, 0.5) is 13.2 Å². The lowest BCUT2D eigenvalue weighted by atomic mass is 9.84. The second-order valence-corrected chi connectivity index (χ2v) is 9.72. The lowest BCUT2D eigenvalue weighted by Gasteiger charge is -2.33. The molecule has 1 atom stereocenters. The lowest BCUT2D eigenvalue weighted by molar-refractivity contribution is -0.141. The standard InChI is InChI=1S/C23H21ClF3N3OS/c1-4-21(31)29-10-17(16-9-20(24)32-19(16)12-29)14-7-5-6-8-15(14)18-11-30(13(2)3)28-22(18)23(25,26)27/h4-9,11,13,17H,1,10,12H2,2-3H3. The van der Waals surface area contributed by atoms with Gasteiger partial charge >= 0.3 is 6.18 Å². The van der Waals surface area contributed by atoms with Gasteiger partial charge in [-0.25, -0.2) is 0 Å². The summed E-state index contributed by atoms with van der Waals surface area (Å²) in [5.41, 5.74) is 1.18. The highest BCUT2D eigenvalue weighted by molar-refractivity contribution is 7.16. The normalized spacial score (nSPS) is 16.3. The van der Waals surface area contributed by atoms with Gasteiger partial charge in [-0.3, -0.25) is 9.48 Å². The molecule has 0 aliphatic carbocycles. The van der Waals surface area contributed by atoms with Crippen LogP contribution in [0, 0.1) is 0 Å². The Bertz CT molecular complexity index is 1180. The zero-order valence-electron chi connectivity index (χ0n) is 17.5. The Hall–Kier alpha value is -2.58. The Balaban J connectivity index is 1.90. The van der Waals surface area contributed by atoms with E-state index in [0.29, 0.717) is 28.6 Å². The second-order valence-electron chi connectivity index (χ2n) is 7.95. The van der Waals surface area contributed by atoms with Gasteiger partial charge in [0.25, 0.3) is 0 Å². The first kappa shape index (κ1) is 22.6. The first-order chi connectivity index (χ1) is 15.1. The third-order valence-corrected chi connectivity index (χ3v) is 6.83. The van der Waals surface area contributed by atoms with Gasteiger partial charge in [-0.2, -0.15) is 18.3 Å². The number of nitrogens with zero attached hydrogens (tertiary/aromatic N) is 3. The summed E-state index contributed by atoms with van der Waals surface area (Å²) >= 11 is 7.66. The van der Waals surface area contributed by atoms with Crippen LogP contribution in [0.15, 0.2) is 49.2 Å². The summed E-state index contributed by atoms with van der Waals surface area (Å²) in [5, 5.41) is 3.84. The van der Waals surface area contributed by atoms with Crippen LogP contribution in [0.5, 0.6) is 0 Å². The molecule has 0 saturated heterocycles. The van der Waals surface area contributed by atoms with Crippen molar-refractivity contribution in [3.63, 3.8) is 0 Å². The van der Waals surface area contributed by atoms with Gasteiger partial charge in [0.1, 0.15) is 0 Å². The molecule has 0 N–H and O–H groups in total. The minimum atomic E-state index is -4.60. The maximum absolute atomic E-state index is 13.9. The number of aromatic nitrogens is 2. The second kappa shape index (κ2) is 8.41. The van der Waals surface area contributed by atoms with Crippen LogP contribution in [0.1, 0.15) is 47.5 Å². The fourth-order valence-corrected chi connectivity index (χ4v) is 5.41. The predicted molar refractivity (Wildman–Crippen MR) is 120 cm³/mol. The molecule has 0 radical (unpaired) electrons. The molecule has 32 heavy (non-hydrogen) atoms. The quantitative estimate of drug-likeness (QED) is 0.399. The van der Waals surface area contributed by atoms with Gasteiger partial charge < -0.3 is 4.90 Å². The number of thiophene rings is 1. The molecule has 9 heteroatoms. The maximum Gasteiger partial charge on any atom is 0.435 e. The third kappa shape index (κ3) is 4.09. The Labute approximate surface area is 192 Å². The van der Waals surface area contributed by atoms with E-state index < -0.39 is 11.9 Å². The van der Waals surface area contributed by atoms with Crippen molar-refractivity contribution in [1.29, 1.82) is 0 Å². The Morgan fingerprint density at radius 1 is 1.28 bits per heavy atom. The van der Waals surface area contributed by atoms with Crippen molar-refractivity contribution in [2.75, 3.05) is 6.54 Å². The summed E-state index contributed by atoms with van der Waals surface area (Å²) in [4.78, 5) is 15.0. The van der Waals surface area contributed by atoms with E-state index in [2.05, 4.69) is 11.7 Å². The Morgan fingerprint density at radius 2 is 2.00 bits per heavy atom. The Morgan fingerprint density at radius 3 is 2.66 bits per heavy atom.